The van der Waals surface area contributed by atoms with Crippen LogP contribution in [0.2, 0.25) is 0 Å². The van der Waals surface area contributed by atoms with E-state index in [2.05, 4.69) is 21.8 Å². The highest BCUT2D eigenvalue weighted by Gasteiger charge is 2.28. The Morgan fingerprint density at radius 1 is 0.938 bits per heavy atom. The Morgan fingerprint density at radius 2 is 1.66 bits per heavy atom. The minimum atomic E-state index is -0.234. The van der Waals surface area contributed by atoms with Crippen LogP contribution in [0.5, 0.6) is 0 Å². The van der Waals surface area contributed by atoms with E-state index in [4.69, 9.17) is 0 Å². The van der Waals surface area contributed by atoms with Gasteiger partial charge in [0, 0.05) is 36.8 Å². The molecule has 4 rings (SSSR count). The maximum Gasteiger partial charge on any atom is 0.257 e. The third-order valence-corrected chi connectivity index (χ3v) is 6.39. The van der Waals surface area contributed by atoms with Crippen molar-refractivity contribution in [3.8, 4) is 0 Å². The smallest absolute Gasteiger partial charge is 0.257 e. The zero-order chi connectivity index (χ0) is 22.5. The predicted molar refractivity (Wildman–Crippen MR) is 123 cm³/mol. The number of aryl methyl sites for hydroxylation is 2. The van der Waals surface area contributed by atoms with Crippen molar-refractivity contribution in [3.05, 3.63) is 65.2 Å². The number of anilines is 1. The van der Waals surface area contributed by atoms with E-state index in [1.807, 2.05) is 49.4 Å². The van der Waals surface area contributed by atoms with Crippen molar-refractivity contribution in [3.63, 3.8) is 0 Å². The highest BCUT2D eigenvalue weighted by atomic mass is 16.2. The number of rotatable bonds is 4. The van der Waals surface area contributed by atoms with Gasteiger partial charge in [0.25, 0.3) is 11.8 Å². The molecule has 0 aromatic heterocycles. The van der Waals surface area contributed by atoms with Crippen molar-refractivity contribution in [2.45, 2.75) is 32.6 Å². The summed E-state index contributed by atoms with van der Waals surface area (Å²) >= 11 is 0. The summed E-state index contributed by atoms with van der Waals surface area (Å²) in [6.45, 7) is 4.03. The van der Waals surface area contributed by atoms with Crippen molar-refractivity contribution in [1.29, 1.82) is 0 Å². The van der Waals surface area contributed by atoms with Gasteiger partial charge in [-0.25, -0.2) is 0 Å². The Kier molecular flexibility index (Phi) is 6.73. The van der Waals surface area contributed by atoms with Gasteiger partial charge in [-0.3, -0.25) is 25.2 Å². The molecule has 7 heteroatoms. The Labute approximate surface area is 188 Å². The molecule has 32 heavy (non-hydrogen) atoms. The fourth-order valence-electron chi connectivity index (χ4n) is 4.55. The standard InChI is InChI=1S/C25H30N4O3/c1-18-7-2-4-10-21(18)25(32)28-15-12-20(13-16-28)24(31)27-26-23(30)17-29-14-6-9-19-8-3-5-11-22(19)29/h2-5,7-8,10-11,20H,6,9,12-17H2,1H3,(H,26,30)(H,27,31). The lowest BCUT2D eigenvalue weighted by Gasteiger charge is -2.32. The number of likely N-dealkylation sites (tertiary alicyclic amines) is 1. The Bertz CT molecular complexity index is 998. The number of benzene rings is 2. The molecular formula is C25H30N4O3. The fraction of sp³-hybridized carbons (Fsp3) is 0.400. The number of carbonyl (C=O) groups is 3. The molecule has 0 spiro atoms. The van der Waals surface area contributed by atoms with Crippen molar-refractivity contribution in [2.75, 3.05) is 31.1 Å². The first-order valence-corrected chi connectivity index (χ1v) is 11.3. The summed E-state index contributed by atoms with van der Waals surface area (Å²) in [5, 5.41) is 0. The average Bonchev–Trinajstić information content (AvgIpc) is 2.83. The highest BCUT2D eigenvalue weighted by molar-refractivity contribution is 5.95. The summed E-state index contributed by atoms with van der Waals surface area (Å²) in [5.41, 5.74) is 9.15. The van der Waals surface area contributed by atoms with Crippen LogP contribution in [0.1, 0.15) is 40.7 Å². The summed E-state index contributed by atoms with van der Waals surface area (Å²) in [6, 6.07) is 15.7. The third kappa shape index (κ3) is 4.93. The van der Waals surface area contributed by atoms with Gasteiger partial charge >= 0.3 is 0 Å². The fourth-order valence-corrected chi connectivity index (χ4v) is 4.55. The van der Waals surface area contributed by atoms with Gasteiger partial charge in [0.05, 0.1) is 6.54 Å². The van der Waals surface area contributed by atoms with Gasteiger partial charge < -0.3 is 9.80 Å². The first-order valence-electron chi connectivity index (χ1n) is 11.3. The van der Waals surface area contributed by atoms with Crippen LogP contribution in [-0.2, 0) is 16.0 Å². The summed E-state index contributed by atoms with van der Waals surface area (Å²) in [6.07, 6.45) is 3.20. The summed E-state index contributed by atoms with van der Waals surface area (Å²) < 4.78 is 0. The minimum absolute atomic E-state index is 0.0112. The monoisotopic (exact) mass is 434 g/mol. The summed E-state index contributed by atoms with van der Waals surface area (Å²) in [7, 11) is 0. The van der Waals surface area contributed by atoms with E-state index in [0.717, 1.165) is 30.6 Å². The molecule has 3 amide bonds. The van der Waals surface area contributed by atoms with Gasteiger partial charge in [0.15, 0.2) is 0 Å². The molecule has 0 radical (unpaired) electrons. The Morgan fingerprint density at radius 3 is 2.44 bits per heavy atom. The van der Waals surface area contributed by atoms with E-state index in [0.29, 0.717) is 31.5 Å². The first kappa shape index (κ1) is 21.9. The van der Waals surface area contributed by atoms with Crippen LogP contribution in [0.15, 0.2) is 48.5 Å². The van der Waals surface area contributed by atoms with Crippen LogP contribution >= 0.6 is 0 Å². The molecule has 168 valence electrons. The molecule has 0 aliphatic carbocycles. The molecule has 2 aromatic carbocycles. The van der Waals surface area contributed by atoms with E-state index in [1.54, 1.807) is 4.90 Å². The zero-order valence-electron chi connectivity index (χ0n) is 18.5. The minimum Gasteiger partial charge on any atom is -0.362 e. The van der Waals surface area contributed by atoms with Crippen LogP contribution in [-0.4, -0.2) is 48.8 Å². The molecule has 1 fully saturated rings. The third-order valence-electron chi connectivity index (χ3n) is 6.39. The van der Waals surface area contributed by atoms with Gasteiger partial charge in [0.2, 0.25) is 5.91 Å². The molecule has 2 aliphatic heterocycles. The number of para-hydroxylation sites is 1. The second kappa shape index (κ2) is 9.85. The summed E-state index contributed by atoms with van der Waals surface area (Å²) in [5.74, 6) is -0.633. The van der Waals surface area contributed by atoms with Crippen molar-refractivity contribution < 1.29 is 14.4 Å². The van der Waals surface area contributed by atoms with Gasteiger partial charge in [0.1, 0.15) is 0 Å². The molecule has 0 bridgehead atoms. The lowest BCUT2D eigenvalue weighted by Crippen LogP contribution is -2.50. The Hall–Kier alpha value is -3.35. The van der Waals surface area contributed by atoms with E-state index >= 15 is 0 Å². The molecule has 7 nitrogen and oxygen atoms in total. The first-order chi connectivity index (χ1) is 15.5. The lowest BCUT2D eigenvalue weighted by molar-refractivity contribution is -0.131. The number of fused-ring (bicyclic) bond motifs is 1. The van der Waals surface area contributed by atoms with Crippen molar-refractivity contribution >= 4 is 23.4 Å². The van der Waals surface area contributed by atoms with E-state index in [1.165, 1.54) is 5.56 Å². The van der Waals surface area contributed by atoms with Gasteiger partial charge in [-0.05, 0) is 55.9 Å². The Balaban J connectivity index is 1.23. The zero-order valence-corrected chi connectivity index (χ0v) is 18.5. The average molecular weight is 435 g/mol. The van der Waals surface area contributed by atoms with Gasteiger partial charge in [-0.15, -0.1) is 0 Å². The maximum absolute atomic E-state index is 12.8. The lowest BCUT2D eigenvalue weighted by atomic mass is 9.95. The molecule has 1 saturated heterocycles. The number of piperidine rings is 1. The van der Waals surface area contributed by atoms with E-state index in [9.17, 15) is 14.4 Å². The number of hydrazine groups is 1. The van der Waals surface area contributed by atoms with Gasteiger partial charge in [-0.1, -0.05) is 36.4 Å². The summed E-state index contributed by atoms with van der Waals surface area (Å²) in [4.78, 5) is 41.6. The predicted octanol–water partition coefficient (Wildman–Crippen LogP) is 2.45. The normalized spacial score (nSPS) is 16.3. The second-order valence-corrected chi connectivity index (χ2v) is 8.57. The maximum atomic E-state index is 12.8. The number of hydrogen-bond donors (Lipinski definition) is 2. The molecule has 2 aromatic rings. The topological polar surface area (TPSA) is 81.8 Å². The van der Waals surface area contributed by atoms with E-state index < -0.39 is 0 Å². The van der Waals surface area contributed by atoms with Crippen LogP contribution in [0.3, 0.4) is 0 Å². The number of hydrogen-bond acceptors (Lipinski definition) is 4. The number of nitrogens with one attached hydrogen (secondary N) is 2. The van der Waals surface area contributed by atoms with E-state index in [-0.39, 0.29) is 30.2 Å². The quantitative estimate of drug-likeness (QED) is 0.725. The van der Waals surface area contributed by atoms with Gasteiger partial charge in [-0.2, -0.15) is 0 Å². The SMILES string of the molecule is Cc1ccccc1C(=O)N1CCC(C(=O)NNC(=O)CN2CCCc3ccccc32)CC1. The second-order valence-electron chi connectivity index (χ2n) is 8.57. The van der Waals surface area contributed by atoms with Crippen LogP contribution in [0.4, 0.5) is 5.69 Å². The number of nitrogens with zero attached hydrogens (tertiary/aromatic N) is 2. The van der Waals surface area contributed by atoms with Crippen LogP contribution in [0, 0.1) is 12.8 Å². The van der Waals surface area contributed by atoms with Crippen LogP contribution < -0.4 is 15.8 Å². The largest absolute Gasteiger partial charge is 0.362 e. The number of carbonyl (C=O) groups excluding carboxylic acids is 3. The van der Waals surface area contributed by atoms with Crippen molar-refractivity contribution in [1.82, 2.24) is 15.8 Å². The molecule has 2 N–H and O–H groups in total. The van der Waals surface area contributed by atoms with Crippen molar-refractivity contribution in [2.24, 2.45) is 5.92 Å². The molecular weight excluding hydrogens is 404 g/mol. The van der Waals surface area contributed by atoms with Crippen LogP contribution in [0.25, 0.3) is 0 Å². The number of amides is 3. The molecule has 2 heterocycles. The molecule has 0 atom stereocenters. The molecule has 2 aliphatic rings. The molecule has 0 unspecified atom stereocenters. The molecule has 0 saturated carbocycles. The highest BCUT2D eigenvalue weighted by Crippen LogP contribution is 2.26.